The molecule has 3 heterocycles. The van der Waals surface area contributed by atoms with Gasteiger partial charge in [0.2, 0.25) is 17.6 Å². The first-order chi connectivity index (χ1) is 23.0. The van der Waals surface area contributed by atoms with Gasteiger partial charge in [-0.1, -0.05) is 38.1 Å². The Morgan fingerprint density at radius 3 is 2.52 bits per heavy atom. The summed E-state index contributed by atoms with van der Waals surface area (Å²) in [6.45, 7) is 7.84. The van der Waals surface area contributed by atoms with Gasteiger partial charge in [-0.3, -0.25) is 4.79 Å². The van der Waals surface area contributed by atoms with Gasteiger partial charge in [0.05, 0.1) is 22.7 Å². The summed E-state index contributed by atoms with van der Waals surface area (Å²) in [7, 11) is -4.21. The number of aryl methyl sites for hydroxylation is 2. The zero-order valence-electron chi connectivity index (χ0n) is 27.5. The second-order valence-electron chi connectivity index (χ2n) is 12.9. The molecular formula is C35H40N6O6S. The summed E-state index contributed by atoms with van der Waals surface area (Å²) in [5.41, 5.74) is 3.35. The number of benzene rings is 2. The lowest BCUT2D eigenvalue weighted by atomic mass is 10.00. The van der Waals surface area contributed by atoms with Crippen molar-refractivity contribution in [2.45, 2.75) is 83.4 Å². The summed E-state index contributed by atoms with van der Waals surface area (Å²) in [5, 5.41) is 13.3. The van der Waals surface area contributed by atoms with Crippen LogP contribution >= 0.6 is 0 Å². The van der Waals surface area contributed by atoms with Crippen LogP contribution in [0, 0.1) is 25.0 Å². The van der Waals surface area contributed by atoms with Crippen molar-refractivity contribution in [3.05, 3.63) is 88.6 Å². The SMILES string of the molecule is Cc1cccc(C)c1-c1cc2nc(n1)NS(=O)(=O)c1cccc(c1)C(=O)N(Cc1ncc(OC3CCCC3)c[n+]1[O-])[C@H](CC(C)C)CO2. The summed E-state index contributed by atoms with van der Waals surface area (Å²) in [5.74, 6) is 0.116. The smallest absolute Gasteiger partial charge is 0.321 e. The average molecular weight is 673 g/mol. The molecule has 1 atom stereocenters. The molecule has 252 valence electrons. The molecule has 0 unspecified atom stereocenters. The van der Waals surface area contributed by atoms with Crippen LogP contribution in [0.1, 0.15) is 73.3 Å². The van der Waals surface area contributed by atoms with Crippen molar-refractivity contribution in [2.75, 3.05) is 11.3 Å². The number of rotatable bonds is 7. The van der Waals surface area contributed by atoms with Gasteiger partial charge in [0.25, 0.3) is 15.9 Å². The molecule has 4 bridgehead atoms. The highest BCUT2D eigenvalue weighted by molar-refractivity contribution is 7.92. The predicted molar refractivity (Wildman–Crippen MR) is 179 cm³/mol. The van der Waals surface area contributed by atoms with Crippen LogP contribution in [0.25, 0.3) is 11.3 Å². The molecule has 6 rings (SSSR count). The fourth-order valence-electron chi connectivity index (χ4n) is 6.35. The molecule has 1 fully saturated rings. The van der Waals surface area contributed by atoms with E-state index in [0.29, 0.717) is 22.6 Å². The number of carbonyl (C=O) groups excluding carboxylic acids is 1. The Hall–Kier alpha value is -4.78. The van der Waals surface area contributed by atoms with Gasteiger partial charge in [-0.2, -0.15) is 4.98 Å². The second-order valence-corrected chi connectivity index (χ2v) is 14.6. The lowest BCUT2D eigenvalue weighted by molar-refractivity contribution is -0.619. The van der Waals surface area contributed by atoms with Gasteiger partial charge in [-0.05, 0) is 86.2 Å². The largest absolute Gasteiger partial charge is 0.711 e. The minimum absolute atomic E-state index is 0.0146. The molecule has 1 aliphatic heterocycles. The van der Waals surface area contributed by atoms with Gasteiger partial charge in [0.1, 0.15) is 19.3 Å². The quantitative estimate of drug-likeness (QED) is 0.202. The fraction of sp³-hybridized carbons (Fsp3) is 0.400. The van der Waals surface area contributed by atoms with E-state index in [0.717, 1.165) is 42.4 Å². The zero-order chi connectivity index (χ0) is 34.0. The van der Waals surface area contributed by atoms with E-state index in [1.165, 1.54) is 35.5 Å². The highest BCUT2D eigenvalue weighted by Crippen LogP contribution is 2.31. The number of hydrogen-bond donors (Lipinski definition) is 1. The van der Waals surface area contributed by atoms with Crippen molar-refractivity contribution in [3.63, 3.8) is 0 Å². The molecule has 1 aliphatic carbocycles. The number of hydrogen-bond acceptors (Lipinski definition) is 9. The molecule has 2 aromatic carbocycles. The average Bonchev–Trinajstić information content (AvgIpc) is 3.55. The molecule has 12 nitrogen and oxygen atoms in total. The molecule has 0 spiro atoms. The third kappa shape index (κ3) is 7.35. The van der Waals surface area contributed by atoms with E-state index in [2.05, 4.69) is 19.7 Å². The lowest BCUT2D eigenvalue weighted by Crippen LogP contribution is -2.47. The second kappa shape index (κ2) is 13.8. The molecule has 2 aromatic heterocycles. The van der Waals surface area contributed by atoms with Crippen LogP contribution in [0.4, 0.5) is 5.95 Å². The van der Waals surface area contributed by atoms with E-state index in [1.54, 1.807) is 12.1 Å². The molecule has 0 saturated heterocycles. The van der Waals surface area contributed by atoms with E-state index < -0.39 is 22.0 Å². The van der Waals surface area contributed by atoms with Crippen molar-refractivity contribution < 1.29 is 27.4 Å². The first-order valence-corrected chi connectivity index (χ1v) is 17.7. The molecule has 48 heavy (non-hydrogen) atoms. The van der Waals surface area contributed by atoms with E-state index in [1.807, 2.05) is 45.9 Å². The number of sulfonamides is 1. The van der Waals surface area contributed by atoms with Crippen LogP contribution in [-0.2, 0) is 16.6 Å². The third-order valence-corrected chi connectivity index (χ3v) is 10.0. The van der Waals surface area contributed by atoms with E-state index in [4.69, 9.17) is 9.47 Å². The Morgan fingerprint density at radius 2 is 1.81 bits per heavy atom. The minimum atomic E-state index is -4.21. The van der Waals surface area contributed by atoms with E-state index >= 15 is 0 Å². The summed E-state index contributed by atoms with van der Waals surface area (Å²) in [6, 6.07) is 12.8. The lowest BCUT2D eigenvalue weighted by Gasteiger charge is -2.32. The number of fused-ring (bicyclic) bond motifs is 4. The highest BCUT2D eigenvalue weighted by Gasteiger charge is 2.32. The monoisotopic (exact) mass is 672 g/mol. The Bertz CT molecular complexity index is 1910. The van der Waals surface area contributed by atoms with Gasteiger partial charge < -0.3 is 19.6 Å². The number of ether oxygens (including phenoxy) is 2. The van der Waals surface area contributed by atoms with Gasteiger partial charge in [0, 0.05) is 17.2 Å². The van der Waals surface area contributed by atoms with Crippen molar-refractivity contribution >= 4 is 21.9 Å². The first-order valence-electron chi connectivity index (χ1n) is 16.2. The third-order valence-electron chi connectivity index (χ3n) is 8.68. The molecule has 0 radical (unpaired) electrons. The summed E-state index contributed by atoms with van der Waals surface area (Å²) in [4.78, 5) is 29.1. The number of aromatic nitrogens is 4. The number of carbonyl (C=O) groups is 1. The predicted octanol–water partition coefficient (Wildman–Crippen LogP) is 5.36. The van der Waals surface area contributed by atoms with Crippen molar-refractivity contribution in [1.29, 1.82) is 0 Å². The Labute approximate surface area is 280 Å². The normalized spacial score (nSPS) is 18.0. The van der Waals surface area contributed by atoms with Crippen LogP contribution < -0.4 is 18.9 Å². The Kier molecular flexibility index (Phi) is 9.49. The molecule has 2 aliphatic rings. The van der Waals surface area contributed by atoms with Gasteiger partial charge >= 0.3 is 5.82 Å². The molecule has 1 amide bonds. The number of nitrogens with zero attached hydrogens (tertiary/aromatic N) is 5. The van der Waals surface area contributed by atoms with Crippen LogP contribution in [0.2, 0.25) is 0 Å². The van der Waals surface area contributed by atoms with Crippen LogP contribution in [-0.4, -0.2) is 52.9 Å². The number of amides is 1. The number of anilines is 1. The molecule has 4 aromatic rings. The Balaban J connectivity index is 1.42. The molecule has 1 saturated carbocycles. The van der Waals surface area contributed by atoms with E-state index in [-0.39, 0.29) is 53.3 Å². The van der Waals surface area contributed by atoms with Gasteiger partial charge in [-0.25, -0.2) is 22.9 Å². The van der Waals surface area contributed by atoms with Crippen molar-refractivity contribution in [2.24, 2.45) is 5.92 Å². The van der Waals surface area contributed by atoms with Crippen LogP contribution in [0.15, 0.2) is 65.8 Å². The summed E-state index contributed by atoms with van der Waals surface area (Å²) in [6.07, 6.45) is 7.48. The van der Waals surface area contributed by atoms with Gasteiger partial charge in [0.15, 0.2) is 6.20 Å². The summed E-state index contributed by atoms with van der Waals surface area (Å²) < 4.78 is 42.6. The summed E-state index contributed by atoms with van der Waals surface area (Å²) >= 11 is 0. The number of nitrogens with one attached hydrogen (secondary N) is 1. The minimum Gasteiger partial charge on any atom is -0.711 e. The maximum absolute atomic E-state index is 14.3. The fourth-order valence-corrected chi connectivity index (χ4v) is 7.34. The van der Waals surface area contributed by atoms with Crippen molar-refractivity contribution in [1.82, 2.24) is 19.9 Å². The van der Waals surface area contributed by atoms with E-state index in [9.17, 15) is 18.4 Å². The molecule has 13 heteroatoms. The highest BCUT2D eigenvalue weighted by atomic mass is 32.2. The van der Waals surface area contributed by atoms with Crippen molar-refractivity contribution in [3.8, 4) is 22.9 Å². The van der Waals surface area contributed by atoms with Gasteiger partial charge in [-0.15, -0.1) is 0 Å². The topological polar surface area (TPSA) is 151 Å². The standard InChI is InChI=1S/C35H40N6O6S/c1-22(2)15-26-21-46-32-17-30(33-23(3)9-7-10-24(33)4)37-35(38-32)39-48(44,45)29-14-8-11-25(16-29)34(42)40(26)20-31-36-18-28(19-41(31)43)47-27-12-5-6-13-27/h7-11,14,16-19,22,26-27H,5-6,12-13,15,20-21H2,1-4H3,(H,37,38,39)/t26-/m1/s1. The van der Waals surface area contributed by atoms with Crippen LogP contribution in [0.3, 0.4) is 0 Å². The Morgan fingerprint density at radius 1 is 1.08 bits per heavy atom. The molecular weight excluding hydrogens is 632 g/mol. The van der Waals surface area contributed by atoms with Crippen LogP contribution in [0.5, 0.6) is 11.6 Å². The first kappa shape index (κ1) is 33.1. The maximum atomic E-state index is 14.3. The zero-order valence-corrected chi connectivity index (χ0v) is 28.4. The molecule has 1 N–H and O–H groups in total. The maximum Gasteiger partial charge on any atom is 0.321 e.